The van der Waals surface area contributed by atoms with Gasteiger partial charge in [0.2, 0.25) is 0 Å². The van der Waals surface area contributed by atoms with Crippen LogP contribution in [-0.2, 0) is 4.79 Å². The maximum absolute atomic E-state index is 12.1. The van der Waals surface area contributed by atoms with Crippen LogP contribution >= 0.6 is 0 Å². The minimum absolute atomic E-state index is 0.0813. The van der Waals surface area contributed by atoms with E-state index in [1.54, 1.807) is 4.90 Å². The molecule has 1 unspecified atom stereocenters. The molecule has 1 aliphatic carbocycles. The molecule has 0 bridgehead atoms. The van der Waals surface area contributed by atoms with Crippen molar-refractivity contribution in [2.75, 3.05) is 13.1 Å². The van der Waals surface area contributed by atoms with Gasteiger partial charge in [-0.05, 0) is 37.5 Å². The summed E-state index contributed by atoms with van der Waals surface area (Å²) < 4.78 is 0. The highest BCUT2D eigenvalue weighted by Gasteiger charge is 2.39. The Morgan fingerprint density at radius 3 is 2.79 bits per heavy atom. The number of carbonyl (C=O) groups excluding carboxylic acids is 1. The number of piperidine rings is 1. The monoisotopic (exact) mass is 268 g/mol. The Hall–Kier alpha value is -1.26. The molecule has 1 saturated carbocycles. The van der Waals surface area contributed by atoms with Crippen LogP contribution in [0, 0.1) is 17.8 Å². The number of nitrogens with one attached hydrogen (secondary N) is 1. The summed E-state index contributed by atoms with van der Waals surface area (Å²) in [6.45, 7) is 5.42. The zero-order valence-corrected chi connectivity index (χ0v) is 11.8. The highest BCUT2D eigenvalue weighted by Crippen LogP contribution is 2.36. The number of carboxylic acids is 1. The third-order valence-electron chi connectivity index (χ3n) is 4.06. The summed E-state index contributed by atoms with van der Waals surface area (Å²) in [6.07, 6.45) is 3.69. The molecule has 1 aliphatic heterocycles. The third kappa shape index (κ3) is 3.85. The van der Waals surface area contributed by atoms with E-state index in [4.69, 9.17) is 5.11 Å². The molecular weight excluding hydrogens is 244 g/mol. The lowest BCUT2D eigenvalue weighted by molar-refractivity contribution is -0.143. The molecule has 2 aliphatic rings. The van der Waals surface area contributed by atoms with E-state index in [1.807, 2.05) is 0 Å². The number of carbonyl (C=O) groups is 2. The van der Waals surface area contributed by atoms with E-state index < -0.39 is 11.9 Å². The quantitative estimate of drug-likeness (QED) is 0.818. The topological polar surface area (TPSA) is 69.6 Å². The van der Waals surface area contributed by atoms with Gasteiger partial charge in [-0.25, -0.2) is 4.79 Å². The first kappa shape index (κ1) is 14.2. The molecule has 2 rings (SSSR count). The summed E-state index contributed by atoms with van der Waals surface area (Å²) >= 11 is 0. The standard InChI is InChI=1S/C14H24N2O3/c1-9(2)6-11-7-12(11)15-14(19)16-5-3-4-10(8-16)13(17)18/h9-12H,3-8H2,1-2H3,(H,15,19)(H,17,18)/t10?,11-,12-/m1/s1. The van der Waals surface area contributed by atoms with Crippen molar-refractivity contribution in [2.24, 2.45) is 17.8 Å². The number of rotatable bonds is 4. The van der Waals surface area contributed by atoms with E-state index in [-0.39, 0.29) is 6.03 Å². The average molecular weight is 268 g/mol. The molecule has 0 spiro atoms. The molecule has 0 radical (unpaired) electrons. The van der Waals surface area contributed by atoms with Crippen LogP contribution in [0.5, 0.6) is 0 Å². The predicted octanol–water partition coefficient (Wildman–Crippen LogP) is 1.93. The molecule has 2 N–H and O–H groups in total. The van der Waals surface area contributed by atoms with Crippen LogP contribution in [0.4, 0.5) is 4.79 Å². The molecule has 1 saturated heterocycles. The zero-order valence-electron chi connectivity index (χ0n) is 11.8. The Kier molecular flexibility index (Phi) is 4.32. The highest BCUT2D eigenvalue weighted by molar-refractivity contribution is 5.77. The van der Waals surface area contributed by atoms with Gasteiger partial charge in [-0.2, -0.15) is 0 Å². The van der Waals surface area contributed by atoms with Crippen molar-refractivity contribution in [1.82, 2.24) is 10.2 Å². The molecule has 0 aromatic carbocycles. The van der Waals surface area contributed by atoms with Crippen LogP contribution in [0.15, 0.2) is 0 Å². The normalized spacial score (nSPS) is 30.3. The van der Waals surface area contributed by atoms with Gasteiger partial charge in [0.25, 0.3) is 0 Å². The maximum atomic E-state index is 12.1. The molecular formula is C14H24N2O3. The fourth-order valence-corrected chi connectivity index (χ4v) is 2.90. The van der Waals surface area contributed by atoms with Gasteiger partial charge in [0, 0.05) is 19.1 Å². The SMILES string of the molecule is CC(C)C[C@@H]1C[C@H]1NC(=O)N1CCCC(C(=O)O)C1. The van der Waals surface area contributed by atoms with Crippen LogP contribution in [0.25, 0.3) is 0 Å². The number of nitrogens with zero attached hydrogens (tertiary/aromatic N) is 1. The Morgan fingerprint density at radius 1 is 1.42 bits per heavy atom. The van der Waals surface area contributed by atoms with Gasteiger partial charge in [-0.1, -0.05) is 13.8 Å². The number of hydrogen-bond acceptors (Lipinski definition) is 2. The minimum Gasteiger partial charge on any atom is -0.481 e. The van der Waals surface area contributed by atoms with Crippen molar-refractivity contribution >= 4 is 12.0 Å². The van der Waals surface area contributed by atoms with E-state index in [1.165, 1.54) is 0 Å². The minimum atomic E-state index is -0.790. The summed E-state index contributed by atoms with van der Waals surface area (Å²) in [4.78, 5) is 24.7. The first-order valence-electron chi connectivity index (χ1n) is 7.25. The largest absolute Gasteiger partial charge is 0.481 e. The number of carboxylic acid groups (broad SMARTS) is 1. The van der Waals surface area contributed by atoms with Crippen LogP contribution < -0.4 is 5.32 Å². The smallest absolute Gasteiger partial charge is 0.317 e. The molecule has 2 fully saturated rings. The second-order valence-corrected chi connectivity index (χ2v) is 6.30. The number of likely N-dealkylation sites (tertiary alicyclic amines) is 1. The molecule has 2 amide bonds. The molecule has 19 heavy (non-hydrogen) atoms. The molecule has 0 aromatic rings. The van der Waals surface area contributed by atoms with Gasteiger partial charge < -0.3 is 15.3 Å². The fraction of sp³-hybridized carbons (Fsp3) is 0.857. The second-order valence-electron chi connectivity index (χ2n) is 6.30. The van der Waals surface area contributed by atoms with E-state index >= 15 is 0 Å². The molecule has 5 heteroatoms. The lowest BCUT2D eigenvalue weighted by Crippen LogP contribution is -2.47. The Balaban J connectivity index is 1.76. The van der Waals surface area contributed by atoms with Crippen molar-refractivity contribution < 1.29 is 14.7 Å². The van der Waals surface area contributed by atoms with E-state index in [9.17, 15) is 9.59 Å². The van der Waals surface area contributed by atoms with Gasteiger partial charge in [-0.3, -0.25) is 4.79 Å². The summed E-state index contributed by atoms with van der Waals surface area (Å²) in [5.74, 6) is 0.0917. The first-order valence-corrected chi connectivity index (χ1v) is 7.25. The Bertz CT molecular complexity index is 357. The lowest BCUT2D eigenvalue weighted by Gasteiger charge is -2.30. The van der Waals surface area contributed by atoms with Crippen molar-refractivity contribution in [3.8, 4) is 0 Å². The first-order chi connectivity index (χ1) is 8.97. The number of aliphatic carboxylic acids is 1. The van der Waals surface area contributed by atoms with Crippen LogP contribution in [0.2, 0.25) is 0 Å². The van der Waals surface area contributed by atoms with Gasteiger partial charge in [0.15, 0.2) is 0 Å². The van der Waals surface area contributed by atoms with Gasteiger partial charge in [-0.15, -0.1) is 0 Å². The third-order valence-corrected chi connectivity index (χ3v) is 4.06. The summed E-state index contributed by atoms with van der Waals surface area (Å²) in [5.41, 5.74) is 0. The highest BCUT2D eigenvalue weighted by atomic mass is 16.4. The van der Waals surface area contributed by atoms with Crippen molar-refractivity contribution in [1.29, 1.82) is 0 Å². The van der Waals surface area contributed by atoms with E-state index in [0.717, 1.165) is 19.3 Å². The Morgan fingerprint density at radius 2 is 2.16 bits per heavy atom. The summed E-state index contributed by atoms with van der Waals surface area (Å²) in [7, 11) is 0. The van der Waals surface area contributed by atoms with Crippen LogP contribution in [-0.4, -0.2) is 41.1 Å². The van der Waals surface area contributed by atoms with Crippen LogP contribution in [0.1, 0.15) is 39.5 Å². The number of amides is 2. The molecule has 0 aromatic heterocycles. The van der Waals surface area contributed by atoms with Crippen molar-refractivity contribution in [3.63, 3.8) is 0 Å². The molecule has 3 atom stereocenters. The molecule has 5 nitrogen and oxygen atoms in total. The zero-order chi connectivity index (χ0) is 14.0. The predicted molar refractivity (Wildman–Crippen MR) is 71.8 cm³/mol. The lowest BCUT2D eigenvalue weighted by atomic mass is 9.99. The number of hydrogen-bond donors (Lipinski definition) is 2. The number of urea groups is 1. The van der Waals surface area contributed by atoms with Gasteiger partial charge >= 0.3 is 12.0 Å². The molecule has 108 valence electrons. The van der Waals surface area contributed by atoms with E-state index in [2.05, 4.69) is 19.2 Å². The second kappa shape index (κ2) is 5.80. The van der Waals surface area contributed by atoms with Crippen LogP contribution in [0.3, 0.4) is 0 Å². The maximum Gasteiger partial charge on any atom is 0.317 e. The van der Waals surface area contributed by atoms with Gasteiger partial charge in [0.05, 0.1) is 5.92 Å². The van der Waals surface area contributed by atoms with Crippen molar-refractivity contribution in [2.45, 2.75) is 45.6 Å². The molecule has 1 heterocycles. The Labute approximate surface area is 114 Å². The van der Waals surface area contributed by atoms with Gasteiger partial charge in [0.1, 0.15) is 0 Å². The fourth-order valence-electron chi connectivity index (χ4n) is 2.90. The summed E-state index contributed by atoms with van der Waals surface area (Å²) in [6, 6.07) is 0.224. The van der Waals surface area contributed by atoms with E-state index in [0.29, 0.717) is 37.4 Å². The van der Waals surface area contributed by atoms with Crippen molar-refractivity contribution in [3.05, 3.63) is 0 Å². The summed E-state index contributed by atoms with van der Waals surface area (Å²) in [5, 5.41) is 12.0. The average Bonchev–Trinajstić information content (AvgIpc) is 3.06.